The predicted octanol–water partition coefficient (Wildman–Crippen LogP) is 2.70. The number of para-hydroxylation sites is 1. The molecule has 19 heavy (non-hydrogen) atoms. The number of benzene rings is 1. The smallest absolute Gasteiger partial charge is 0.264 e. The summed E-state index contributed by atoms with van der Waals surface area (Å²) in [6.45, 7) is 0. The molecular weight excluding hydrogens is 264 g/mol. The molecule has 0 unspecified atom stereocenters. The van der Waals surface area contributed by atoms with Crippen LogP contribution in [0.1, 0.15) is 37.2 Å². The van der Waals surface area contributed by atoms with Crippen molar-refractivity contribution in [3.63, 3.8) is 0 Å². The van der Waals surface area contributed by atoms with E-state index >= 15 is 0 Å². The topological polar surface area (TPSA) is 52.6 Å². The summed E-state index contributed by atoms with van der Waals surface area (Å²) >= 11 is 0. The zero-order valence-corrected chi connectivity index (χ0v) is 12.2. The molecule has 0 radical (unpaired) electrons. The van der Waals surface area contributed by atoms with Gasteiger partial charge in [-0.2, -0.15) is 8.42 Å². The van der Waals surface area contributed by atoms with Crippen molar-refractivity contribution in [3.8, 4) is 5.75 Å². The zero-order valence-electron chi connectivity index (χ0n) is 11.3. The quantitative estimate of drug-likeness (QED) is 0.798. The standard InChI is InChI=1S/C14H20O4S/c1-17-13-9-5-3-7-11(13)12-8-4-6-10-14(12)18-19(2,15)16/h3,5,7,9,12,14H,4,6,8,10H2,1-2H3/t12-,14-/m1/s1. The molecule has 1 aromatic rings. The van der Waals surface area contributed by atoms with E-state index < -0.39 is 10.1 Å². The minimum absolute atomic E-state index is 0.0830. The summed E-state index contributed by atoms with van der Waals surface area (Å²) in [5.41, 5.74) is 1.04. The molecule has 0 heterocycles. The van der Waals surface area contributed by atoms with E-state index in [0.717, 1.165) is 43.3 Å². The van der Waals surface area contributed by atoms with E-state index in [1.54, 1.807) is 7.11 Å². The van der Waals surface area contributed by atoms with Crippen LogP contribution in [0.2, 0.25) is 0 Å². The Morgan fingerprint density at radius 1 is 1.16 bits per heavy atom. The third kappa shape index (κ3) is 3.70. The van der Waals surface area contributed by atoms with E-state index in [2.05, 4.69) is 0 Å². The zero-order chi connectivity index (χ0) is 13.9. The van der Waals surface area contributed by atoms with E-state index in [1.165, 1.54) is 0 Å². The van der Waals surface area contributed by atoms with Gasteiger partial charge in [0.1, 0.15) is 5.75 Å². The predicted molar refractivity (Wildman–Crippen MR) is 73.9 cm³/mol. The molecule has 1 aliphatic rings. The normalized spacial score (nSPS) is 24.1. The van der Waals surface area contributed by atoms with Gasteiger partial charge in [-0.1, -0.05) is 31.0 Å². The fourth-order valence-electron chi connectivity index (χ4n) is 2.77. The Morgan fingerprint density at radius 2 is 1.84 bits per heavy atom. The second-order valence-electron chi connectivity index (χ2n) is 4.97. The molecule has 2 atom stereocenters. The molecule has 0 aliphatic heterocycles. The minimum atomic E-state index is -3.43. The van der Waals surface area contributed by atoms with Gasteiger partial charge in [0.2, 0.25) is 0 Å². The molecule has 1 saturated carbocycles. The Kier molecular flexibility index (Phi) is 4.47. The van der Waals surface area contributed by atoms with Gasteiger partial charge in [0.25, 0.3) is 10.1 Å². The van der Waals surface area contributed by atoms with Crippen LogP contribution in [0.15, 0.2) is 24.3 Å². The van der Waals surface area contributed by atoms with Gasteiger partial charge in [0.05, 0.1) is 19.5 Å². The lowest BCUT2D eigenvalue weighted by atomic mass is 9.81. The van der Waals surface area contributed by atoms with Crippen LogP contribution in [0.4, 0.5) is 0 Å². The van der Waals surface area contributed by atoms with Gasteiger partial charge < -0.3 is 4.74 Å². The van der Waals surface area contributed by atoms with E-state index in [4.69, 9.17) is 8.92 Å². The van der Waals surface area contributed by atoms with E-state index in [-0.39, 0.29) is 12.0 Å². The first-order valence-corrected chi connectivity index (χ1v) is 8.34. The second kappa shape index (κ2) is 5.92. The maximum atomic E-state index is 11.4. The summed E-state index contributed by atoms with van der Waals surface area (Å²) in [6, 6.07) is 7.76. The Hall–Kier alpha value is -1.07. The highest BCUT2D eigenvalue weighted by Gasteiger charge is 2.31. The molecule has 0 N–H and O–H groups in total. The molecule has 0 amide bonds. The first kappa shape index (κ1) is 14.3. The van der Waals surface area contributed by atoms with Gasteiger partial charge in [0, 0.05) is 5.92 Å². The monoisotopic (exact) mass is 284 g/mol. The highest BCUT2D eigenvalue weighted by Crippen LogP contribution is 2.39. The molecule has 5 heteroatoms. The van der Waals surface area contributed by atoms with Crippen LogP contribution in [0.25, 0.3) is 0 Å². The molecule has 2 rings (SSSR count). The first-order chi connectivity index (χ1) is 9.01. The molecule has 0 bridgehead atoms. The lowest BCUT2D eigenvalue weighted by molar-refractivity contribution is 0.137. The van der Waals surface area contributed by atoms with Gasteiger partial charge in [-0.25, -0.2) is 0 Å². The molecule has 0 saturated heterocycles. The van der Waals surface area contributed by atoms with Crippen LogP contribution in [0.5, 0.6) is 5.75 Å². The molecule has 0 spiro atoms. The average Bonchev–Trinajstić information content (AvgIpc) is 2.37. The van der Waals surface area contributed by atoms with Gasteiger partial charge in [-0.3, -0.25) is 4.18 Å². The molecule has 4 nitrogen and oxygen atoms in total. The fraction of sp³-hybridized carbons (Fsp3) is 0.571. The van der Waals surface area contributed by atoms with Crippen LogP contribution >= 0.6 is 0 Å². The van der Waals surface area contributed by atoms with Crippen molar-refractivity contribution in [1.29, 1.82) is 0 Å². The highest BCUT2D eigenvalue weighted by molar-refractivity contribution is 7.86. The van der Waals surface area contributed by atoms with Crippen molar-refractivity contribution in [3.05, 3.63) is 29.8 Å². The van der Waals surface area contributed by atoms with Gasteiger partial charge in [-0.15, -0.1) is 0 Å². The summed E-state index contributed by atoms with van der Waals surface area (Å²) in [6.07, 6.45) is 4.63. The van der Waals surface area contributed by atoms with Crippen molar-refractivity contribution in [2.45, 2.75) is 37.7 Å². The highest BCUT2D eigenvalue weighted by atomic mass is 32.2. The van der Waals surface area contributed by atoms with Crippen LogP contribution in [0.3, 0.4) is 0 Å². The van der Waals surface area contributed by atoms with Crippen molar-refractivity contribution >= 4 is 10.1 Å². The summed E-state index contributed by atoms with van der Waals surface area (Å²) in [7, 11) is -1.79. The minimum Gasteiger partial charge on any atom is -0.496 e. The average molecular weight is 284 g/mol. The largest absolute Gasteiger partial charge is 0.496 e. The summed E-state index contributed by atoms with van der Waals surface area (Å²) in [5, 5.41) is 0. The van der Waals surface area contributed by atoms with Crippen molar-refractivity contribution < 1.29 is 17.3 Å². The van der Waals surface area contributed by atoms with Gasteiger partial charge >= 0.3 is 0 Å². The Labute approximate surface area is 114 Å². The SMILES string of the molecule is COc1ccccc1[C@H]1CCCC[C@H]1OS(C)(=O)=O. The third-order valence-electron chi connectivity index (χ3n) is 3.54. The Morgan fingerprint density at radius 3 is 2.53 bits per heavy atom. The lowest BCUT2D eigenvalue weighted by Crippen LogP contribution is -2.28. The molecule has 106 valence electrons. The Balaban J connectivity index is 2.28. The maximum absolute atomic E-state index is 11.4. The number of hydrogen-bond donors (Lipinski definition) is 0. The van der Waals surface area contributed by atoms with Gasteiger partial charge in [0.15, 0.2) is 0 Å². The van der Waals surface area contributed by atoms with Crippen LogP contribution < -0.4 is 4.74 Å². The third-order valence-corrected chi connectivity index (χ3v) is 4.14. The van der Waals surface area contributed by atoms with Crippen molar-refractivity contribution in [2.24, 2.45) is 0 Å². The molecule has 1 aliphatic carbocycles. The Bertz CT molecular complexity index is 524. The second-order valence-corrected chi connectivity index (χ2v) is 6.57. The van der Waals surface area contributed by atoms with E-state index in [9.17, 15) is 8.42 Å². The van der Waals surface area contributed by atoms with Crippen LogP contribution in [-0.2, 0) is 14.3 Å². The van der Waals surface area contributed by atoms with Gasteiger partial charge in [-0.05, 0) is 24.5 Å². The summed E-state index contributed by atoms with van der Waals surface area (Å²) in [4.78, 5) is 0. The number of ether oxygens (including phenoxy) is 1. The fourth-order valence-corrected chi connectivity index (χ4v) is 3.44. The van der Waals surface area contributed by atoms with Crippen molar-refractivity contribution in [2.75, 3.05) is 13.4 Å². The molecule has 1 aromatic carbocycles. The van der Waals surface area contributed by atoms with Crippen LogP contribution in [-0.4, -0.2) is 27.9 Å². The molecule has 1 fully saturated rings. The van der Waals surface area contributed by atoms with Crippen LogP contribution in [0, 0.1) is 0 Å². The number of rotatable bonds is 4. The summed E-state index contributed by atoms with van der Waals surface area (Å²) in [5.74, 6) is 0.885. The first-order valence-electron chi connectivity index (χ1n) is 6.52. The number of methoxy groups -OCH3 is 1. The maximum Gasteiger partial charge on any atom is 0.264 e. The lowest BCUT2D eigenvalue weighted by Gasteiger charge is -2.31. The molecular formula is C14H20O4S. The van der Waals surface area contributed by atoms with E-state index in [1.807, 2.05) is 24.3 Å². The summed E-state index contributed by atoms with van der Waals surface area (Å²) < 4.78 is 33.4. The van der Waals surface area contributed by atoms with Crippen molar-refractivity contribution in [1.82, 2.24) is 0 Å². The number of hydrogen-bond acceptors (Lipinski definition) is 4. The van der Waals surface area contributed by atoms with E-state index in [0.29, 0.717) is 0 Å². The molecule has 0 aromatic heterocycles.